The minimum atomic E-state index is -1.03. The maximum absolute atomic E-state index is 11.7. The lowest BCUT2D eigenvalue weighted by atomic mass is 10.1. The highest BCUT2D eigenvalue weighted by Crippen LogP contribution is 2.20. The quantitative estimate of drug-likeness (QED) is 0.670. The van der Waals surface area contributed by atoms with Crippen LogP contribution in [-0.4, -0.2) is 22.7 Å². The zero-order valence-electron chi connectivity index (χ0n) is 11.4. The number of rotatable bonds is 4. The summed E-state index contributed by atoms with van der Waals surface area (Å²) in [4.78, 5) is 22.1. The third kappa shape index (κ3) is 4.61. The normalized spacial score (nSPS) is 14.5. The lowest BCUT2D eigenvalue weighted by Crippen LogP contribution is -2.41. The molecule has 0 aliphatic heterocycles. The molecule has 0 spiro atoms. The Morgan fingerprint density at radius 3 is 2.58 bits per heavy atom. The second kappa shape index (κ2) is 5.73. The average Bonchev–Trinajstić information content (AvgIpc) is 2.75. The van der Waals surface area contributed by atoms with Crippen molar-refractivity contribution in [2.24, 2.45) is 0 Å². The summed E-state index contributed by atoms with van der Waals surface area (Å²) < 4.78 is 10.2. The highest BCUT2D eigenvalue weighted by Gasteiger charge is 2.33. The van der Waals surface area contributed by atoms with Gasteiger partial charge in [0.15, 0.2) is 6.04 Å². The van der Waals surface area contributed by atoms with E-state index in [-0.39, 0.29) is 0 Å². The van der Waals surface area contributed by atoms with Crippen molar-refractivity contribution in [1.82, 2.24) is 5.32 Å². The molecule has 1 heterocycles. The van der Waals surface area contributed by atoms with Gasteiger partial charge < -0.3 is 14.5 Å². The number of carbonyl (C=O) groups is 1. The summed E-state index contributed by atoms with van der Waals surface area (Å²) in [5.74, 6) is 0.315. The Labute approximate surface area is 111 Å². The maximum atomic E-state index is 11.7. The molecule has 0 radical (unpaired) electrons. The summed E-state index contributed by atoms with van der Waals surface area (Å²) in [6, 6.07) is 1.27. The standard InChI is InChI=1S/C12H18N2O5/c1-8(14(16)17)10(9-6-5-7-18-9)13-11(15)19-12(2,3)4/h5-8,10H,1-4H3,(H,13,15)/t8-,10+/m0/s1. The average molecular weight is 270 g/mol. The molecule has 1 aromatic rings. The van der Waals surface area contributed by atoms with Crippen molar-refractivity contribution >= 4 is 6.09 Å². The molecule has 7 heteroatoms. The van der Waals surface area contributed by atoms with Crippen LogP contribution in [0.4, 0.5) is 4.79 Å². The van der Waals surface area contributed by atoms with Crippen molar-refractivity contribution in [2.45, 2.75) is 45.4 Å². The molecule has 0 fully saturated rings. The molecule has 0 bridgehead atoms. The van der Waals surface area contributed by atoms with E-state index >= 15 is 0 Å². The first-order valence-corrected chi connectivity index (χ1v) is 5.87. The molecule has 0 saturated carbocycles. The molecule has 1 aromatic heterocycles. The summed E-state index contributed by atoms with van der Waals surface area (Å²) >= 11 is 0. The molecule has 0 saturated heterocycles. The predicted octanol–water partition coefficient (Wildman–Crippen LogP) is 2.51. The van der Waals surface area contributed by atoms with Crippen molar-refractivity contribution in [2.75, 3.05) is 0 Å². The third-order valence-corrected chi connectivity index (χ3v) is 2.34. The first kappa shape index (κ1) is 15.0. The molecule has 2 atom stereocenters. The van der Waals surface area contributed by atoms with Gasteiger partial charge in [-0.25, -0.2) is 4.79 Å². The van der Waals surface area contributed by atoms with Crippen LogP contribution in [0, 0.1) is 10.1 Å². The van der Waals surface area contributed by atoms with Crippen LogP contribution in [0.25, 0.3) is 0 Å². The smallest absolute Gasteiger partial charge is 0.408 e. The Kier molecular flexibility index (Phi) is 4.52. The number of furan rings is 1. The van der Waals surface area contributed by atoms with Gasteiger partial charge in [-0.1, -0.05) is 0 Å². The van der Waals surface area contributed by atoms with E-state index in [1.165, 1.54) is 13.2 Å². The molecule has 0 aromatic carbocycles. The van der Waals surface area contributed by atoms with Crippen molar-refractivity contribution in [1.29, 1.82) is 0 Å². The summed E-state index contributed by atoms with van der Waals surface area (Å²) in [7, 11) is 0. The lowest BCUT2D eigenvalue weighted by Gasteiger charge is -2.23. The number of alkyl carbamates (subject to hydrolysis) is 1. The number of amides is 1. The van der Waals surface area contributed by atoms with Crippen molar-refractivity contribution in [3.05, 3.63) is 34.3 Å². The molecule has 1 rings (SSSR count). The highest BCUT2D eigenvalue weighted by atomic mass is 16.6. The minimum absolute atomic E-state index is 0.315. The summed E-state index contributed by atoms with van der Waals surface area (Å²) in [5, 5.41) is 13.3. The van der Waals surface area contributed by atoms with Crippen LogP contribution in [0.15, 0.2) is 22.8 Å². The number of nitrogens with one attached hydrogen (secondary N) is 1. The number of nitrogens with zero attached hydrogens (tertiary/aromatic N) is 1. The van der Waals surface area contributed by atoms with E-state index in [1.54, 1.807) is 32.9 Å². The molecule has 7 nitrogen and oxygen atoms in total. The second-order valence-corrected chi connectivity index (χ2v) is 5.17. The van der Waals surface area contributed by atoms with E-state index in [0.29, 0.717) is 5.76 Å². The molecular formula is C12H18N2O5. The fourth-order valence-corrected chi connectivity index (χ4v) is 1.45. The first-order chi connectivity index (χ1) is 8.70. The molecule has 106 valence electrons. The van der Waals surface area contributed by atoms with Crippen molar-refractivity contribution in [3.63, 3.8) is 0 Å². The Morgan fingerprint density at radius 2 is 2.16 bits per heavy atom. The van der Waals surface area contributed by atoms with Crippen molar-refractivity contribution in [3.8, 4) is 0 Å². The molecule has 0 unspecified atom stereocenters. The van der Waals surface area contributed by atoms with Gasteiger partial charge in [0, 0.05) is 11.8 Å². The van der Waals surface area contributed by atoms with Crippen molar-refractivity contribution < 1.29 is 18.9 Å². The zero-order chi connectivity index (χ0) is 14.6. The van der Waals surface area contributed by atoms with Crippen LogP contribution >= 0.6 is 0 Å². The zero-order valence-corrected chi connectivity index (χ0v) is 11.4. The Hall–Kier alpha value is -2.05. The van der Waals surface area contributed by atoms with E-state index in [0.717, 1.165) is 0 Å². The summed E-state index contributed by atoms with van der Waals surface area (Å²) in [5.41, 5.74) is -0.671. The Bertz CT molecular complexity index is 435. The molecule has 19 heavy (non-hydrogen) atoms. The lowest BCUT2D eigenvalue weighted by molar-refractivity contribution is -0.523. The Balaban J connectivity index is 2.82. The largest absolute Gasteiger partial charge is 0.467 e. The Morgan fingerprint density at radius 1 is 1.53 bits per heavy atom. The monoisotopic (exact) mass is 270 g/mol. The van der Waals surface area contributed by atoms with Gasteiger partial charge in [0.2, 0.25) is 6.04 Å². The van der Waals surface area contributed by atoms with Crippen LogP contribution in [0.3, 0.4) is 0 Å². The van der Waals surface area contributed by atoms with Gasteiger partial charge in [0.05, 0.1) is 6.26 Å². The molecular weight excluding hydrogens is 252 g/mol. The van der Waals surface area contributed by atoms with Crippen LogP contribution in [0.5, 0.6) is 0 Å². The number of carbonyl (C=O) groups excluding carboxylic acids is 1. The van der Waals surface area contributed by atoms with Gasteiger partial charge in [-0.3, -0.25) is 10.1 Å². The van der Waals surface area contributed by atoms with Gasteiger partial charge >= 0.3 is 6.09 Å². The van der Waals surface area contributed by atoms with Gasteiger partial charge in [-0.05, 0) is 32.9 Å². The van der Waals surface area contributed by atoms with E-state index in [4.69, 9.17) is 9.15 Å². The number of hydrogen-bond acceptors (Lipinski definition) is 5. The molecule has 1 amide bonds. The number of hydrogen-bond donors (Lipinski definition) is 1. The van der Waals surface area contributed by atoms with E-state index in [9.17, 15) is 14.9 Å². The first-order valence-electron chi connectivity index (χ1n) is 5.87. The summed E-state index contributed by atoms with van der Waals surface area (Å²) in [6.07, 6.45) is 0.675. The number of nitro groups is 1. The van der Waals surface area contributed by atoms with Gasteiger partial charge in [0.1, 0.15) is 11.4 Å². The van der Waals surface area contributed by atoms with Crippen LogP contribution < -0.4 is 5.32 Å². The van der Waals surface area contributed by atoms with Crippen LogP contribution in [-0.2, 0) is 4.74 Å². The van der Waals surface area contributed by atoms with Gasteiger partial charge in [0.25, 0.3) is 0 Å². The van der Waals surface area contributed by atoms with Gasteiger partial charge in [-0.15, -0.1) is 0 Å². The minimum Gasteiger partial charge on any atom is -0.467 e. The van der Waals surface area contributed by atoms with E-state index < -0.39 is 28.7 Å². The van der Waals surface area contributed by atoms with Gasteiger partial charge in [-0.2, -0.15) is 0 Å². The topological polar surface area (TPSA) is 94.6 Å². The maximum Gasteiger partial charge on any atom is 0.408 e. The highest BCUT2D eigenvalue weighted by molar-refractivity contribution is 5.68. The number of ether oxygens (including phenoxy) is 1. The SMILES string of the molecule is C[C@@H]([C@@H](NC(=O)OC(C)(C)C)c1ccco1)[N+](=O)[O-]. The fourth-order valence-electron chi connectivity index (χ4n) is 1.45. The van der Waals surface area contributed by atoms with Crippen LogP contribution in [0.2, 0.25) is 0 Å². The summed E-state index contributed by atoms with van der Waals surface area (Å²) in [6.45, 7) is 6.53. The molecule has 0 aliphatic carbocycles. The second-order valence-electron chi connectivity index (χ2n) is 5.17. The van der Waals surface area contributed by atoms with Crippen LogP contribution in [0.1, 0.15) is 39.5 Å². The fraction of sp³-hybridized carbons (Fsp3) is 0.583. The molecule has 0 aliphatic rings. The third-order valence-electron chi connectivity index (χ3n) is 2.34. The predicted molar refractivity (Wildman–Crippen MR) is 67.3 cm³/mol. The van der Waals surface area contributed by atoms with E-state index in [1.807, 2.05) is 0 Å². The molecule has 1 N–H and O–H groups in total. The van der Waals surface area contributed by atoms with E-state index in [2.05, 4.69) is 5.32 Å².